The summed E-state index contributed by atoms with van der Waals surface area (Å²) in [5, 5.41) is 4.28. The van der Waals surface area contributed by atoms with Crippen LogP contribution < -0.4 is 4.74 Å². The first-order valence-electron chi connectivity index (χ1n) is 7.06. The van der Waals surface area contributed by atoms with E-state index in [-0.39, 0.29) is 5.69 Å². The molecule has 10 heteroatoms. The van der Waals surface area contributed by atoms with E-state index in [1.165, 1.54) is 23.3 Å². The number of nitrogens with zero attached hydrogens (tertiary/aromatic N) is 5. The summed E-state index contributed by atoms with van der Waals surface area (Å²) in [4.78, 5) is 4.21. The van der Waals surface area contributed by atoms with Crippen molar-refractivity contribution in [1.29, 1.82) is 0 Å². The second-order valence-electron chi connectivity index (χ2n) is 5.24. The topological polar surface area (TPSA) is 65.7 Å². The van der Waals surface area contributed by atoms with Gasteiger partial charge in [-0.1, -0.05) is 17.2 Å². The molecule has 1 aromatic carbocycles. The molecule has 0 fully saturated rings. The van der Waals surface area contributed by atoms with Gasteiger partial charge in [0.25, 0.3) is 5.88 Å². The van der Waals surface area contributed by atoms with Crippen LogP contribution in [0.2, 0.25) is 0 Å². The molecule has 2 heterocycles. The van der Waals surface area contributed by atoms with Gasteiger partial charge in [0.2, 0.25) is 0 Å². The quantitative estimate of drug-likeness (QED) is 0.699. The van der Waals surface area contributed by atoms with Crippen molar-refractivity contribution in [2.45, 2.75) is 20.2 Å². The molecular weight excluding hydrogens is 355 g/mol. The Morgan fingerprint density at radius 1 is 1.12 bits per heavy atom. The highest BCUT2D eigenvalue weighted by Gasteiger charge is 2.33. The molecule has 0 bridgehead atoms. The summed E-state index contributed by atoms with van der Waals surface area (Å²) in [7, 11) is 0. The molecule has 0 aliphatic carbocycles. The summed E-state index contributed by atoms with van der Waals surface area (Å²) in [5.41, 5.74) is 3.00. The van der Waals surface area contributed by atoms with E-state index < -0.39 is 12.2 Å². The fraction of sp³-hybridized carbons (Fsp3) is 0.200. The fourth-order valence-corrected chi connectivity index (χ4v) is 2.67. The summed E-state index contributed by atoms with van der Waals surface area (Å²) >= 11 is 0.626. The van der Waals surface area contributed by atoms with Crippen LogP contribution in [0.25, 0.3) is 23.7 Å². The second kappa shape index (κ2) is 6.63. The maximum atomic E-state index is 12.3. The molecule has 3 aromatic rings. The van der Waals surface area contributed by atoms with Gasteiger partial charge in [-0.25, -0.2) is 9.67 Å². The number of hydrogen-bond acceptors (Lipinski definition) is 6. The molecule has 0 saturated heterocycles. The van der Waals surface area contributed by atoms with E-state index in [4.69, 9.17) is 0 Å². The first kappa shape index (κ1) is 17.1. The minimum absolute atomic E-state index is 0.0363. The van der Waals surface area contributed by atoms with Crippen molar-refractivity contribution >= 4 is 24.0 Å². The minimum Gasteiger partial charge on any atom is -0.384 e. The first-order chi connectivity index (χ1) is 11.8. The Kier molecular flexibility index (Phi) is 4.53. The number of rotatable bonds is 4. The zero-order valence-corrected chi connectivity index (χ0v) is 14.0. The van der Waals surface area contributed by atoms with Gasteiger partial charge >= 0.3 is 6.36 Å². The molecule has 0 radical (unpaired) electrons. The van der Waals surface area contributed by atoms with Gasteiger partial charge in [0.15, 0.2) is 5.82 Å². The largest absolute Gasteiger partial charge is 0.574 e. The third-order valence-electron chi connectivity index (χ3n) is 3.07. The molecule has 0 saturated carbocycles. The van der Waals surface area contributed by atoms with Gasteiger partial charge in [0, 0.05) is 11.8 Å². The van der Waals surface area contributed by atoms with Gasteiger partial charge in [-0.2, -0.15) is 4.37 Å². The Bertz CT molecular complexity index is 896. The van der Waals surface area contributed by atoms with Crippen molar-refractivity contribution in [2.75, 3.05) is 0 Å². The van der Waals surface area contributed by atoms with Gasteiger partial charge in [-0.05, 0) is 32.1 Å². The molecule has 0 aliphatic rings. The zero-order chi connectivity index (χ0) is 18.0. The molecule has 0 atom stereocenters. The van der Waals surface area contributed by atoms with Crippen LogP contribution in [0.4, 0.5) is 13.2 Å². The maximum Gasteiger partial charge on any atom is 0.574 e. The average Bonchev–Trinajstić information content (AvgIpc) is 3.11. The summed E-state index contributed by atoms with van der Waals surface area (Å²) in [5.74, 6) is -0.0805. The molecule has 2 aromatic heterocycles. The van der Waals surface area contributed by atoms with Crippen LogP contribution in [-0.2, 0) is 0 Å². The molecular formula is C15H12F3N5OS. The van der Waals surface area contributed by atoms with E-state index in [1.54, 1.807) is 0 Å². The van der Waals surface area contributed by atoms with E-state index in [2.05, 4.69) is 23.6 Å². The lowest BCUT2D eigenvalue weighted by molar-refractivity contribution is -0.276. The Balaban J connectivity index is 1.80. The predicted molar refractivity (Wildman–Crippen MR) is 86.7 cm³/mol. The maximum absolute atomic E-state index is 12.3. The SMILES string of the molecule is Cc1cc(C)cc(-c2ncn(/C=C\c3nsnc3OC(F)(F)F)n2)c1. The lowest BCUT2D eigenvalue weighted by atomic mass is 10.1. The summed E-state index contributed by atoms with van der Waals surface area (Å²) in [6.45, 7) is 3.95. The molecule has 6 nitrogen and oxygen atoms in total. The number of halogens is 3. The van der Waals surface area contributed by atoms with Gasteiger partial charge in [0.05, 0.1) is 11.7 Å². The zero-order valence-electron chi connectivity index (χ0n) is 13.2. The number of benzene rings is 1. The average molecular weight is 367 g/mol. The van der Waals surface area contributed by atoms with Crippen molar-refractivity contribution in [1.82, 2.24) is 23.5 Å². The van der Waals surface area contributed by atoms with Crippen LogP contribution in [0.1, 0.15) is 16.8 Å². The van der Waals surface area contributed by atoms with Crippen LogP contribution in [0.5, 0.6) is 5.88 Å². The van der Waals surface area contributed by atoms with Crippen LogP contribution >= 0.6 is 11.7 Å². The first-order valence-corrected chi connectivity index (χ1v) is 7.79. The smallest absolute Gasteiger partial charge is 0.384 e. The normalized spacial score (nSPS) is 12.0. The highest BCUT2D eigenvalue weighted by Crippen LogP contribution is 2.25. The highest BCUT2D eigenvalue weighted by molar-refractivity contribution is 6.99. The predicted octanol–water partition coefficient (Wildman–Crippen LogP) is 3.94. The Labute approximate surface area is 144 Å². The molecule has 130 valence electrons. The third kappa shape index (κ3) is 4.41. The Hall–Kier alpha value is -2.75. The lowest BCUT2D eigenvalue weighted by Crippen LogP contribution is -2.17. The molecule has 0 N–H and O–H groups in total. The van der Waals surface area contributed by atoms with Crippen LogP contribution in [0.15, 0.2) is 24.5 Å². The standard InChI is InChI=1S/C15H12F3N5OS/c1-9-5-10(2)7-11(6-9)13-19-8-23(20-13)4-3-12-14(22-25-21-12)24-15(16,17)18/h3-8H,1-2H3/b4-3-. The van der Waals surface area contributed by atoms with Crippen LogP contribution in [0, 0.1) is 13.8 Å². The van der Waals surface area contributed by atoms with Crippen molar-refractivity contribution in [3.63, 3.8) is 0 Å². The van der Waals surface area contributed by atoms with Crippen molar-refractivity contribution in [3.8, 4) is 17.3 Å². The van der Waals surface area contributed by atoms with E-state index in [0.29, 0.717) is 17.6 Å². The molecule has 3 rings (SSSR count). The van der Waals surface area contributed by atoms with E-state index in [0.717, 1.165) is 16.7 Å². The van der Waals surface area contributed by atoms with Crippen molar-refractivity contribution in [2.24, 2.45) is 0 Å². The van der Waals surface area contributed by atoms with Crippen LogP contribution in [0.3, 0.4) is 0 Å². The van der Waals surface area contributed by atoms with Crippen molar-refractivity contribution in [3.05, 3.63) is 41.3 Å². The second-order valence-corrected chi connectivity index (χ2v) is 5.77. The molecule has 0 spiro atoms. The molecule has 0 aliphatic heterocycles. The van der Waals surface area contributed by atoms with Gasteiger partial charge < -0.3 is 4.74 Å². The van der Waals surface area contributed by atoms with E-state index >= 15 is 0 Å². The molecule has 25 heavy (non-hydrogen) atoms. The lowest BCUT2D eigenvalue weighted by Gasteiger charge is -2.05. The number of alkyl halides is 3. The van der Waals surface area contributed by atoms with Crippen molar-refractivity contribution < 1.29 is 17.9 Å². The Morgan fingerprint density at radius 3 is 2.52 bits per heavy atom. The van der Waals surface area contributed by atoms with Gasteiger partial charge in [0.1, 0.15) is 12.0 Å². The number of aromatic nitrogens is 5. The minimum atomic E-state index is -4.82. The van der Waals surface area contributed by atoms with E-state index in [9.17, 15) is 13.2 Å². The Morgan fingerprint density at radius 2 is 1.84 bits per heavy atom. The van der Waals surface area contributed by atoms with Gasteiger partial charge in [-0.3, -0.25) is 0 Å². The third-order valence-corrected chi connectivity index (χ3v) is 3.59. The summed E-state index contributed by atoms with van der Waals surface area (Å²) in [6, 6.07) is 5.95. The summed E-state index contributed by atoms with van der Waals surface area (Å²) < 4.78 is 49.3. The fourth-order valence-electron chi connectivity index (χ4n) is 2.20. The number of aryl methyl sites for hydroxylation is 2. The van der Waals surface area contributed by atoms with Gasteiger partial charge in [-0.15, -0.1) is 22.6 Å². The number of ether oxygens (including phenoxy) is 1. The number of hydrogen-bond donors (Lipinski definition) is 0. The van der Waals surface area contributed by atoms with E-state index in [1.807, 2.05) is 32.0 Å². The monoisotopic (exact) mass is 367 g/mol. The highest BCUT2D eigenvalue weighted by atomic mass is 32.1. The molecule has 0 unspecified atom stereocenters. The van der Waals surface area contributed by atoms with Crippen LogP contribution in [-0.4, -0.2) is 29.9 Å². The summed E-state index contributed by atoms with van der Waals surface area (Å²) in [6.07, 6.45) is -0.612. The molecule has 0 amide bonds.